The lowest BCUT2D eigenvalue weighted by Crippen LogP contribution is -2.34. The van der Waals surface area contributed by atoms with Gasteiger partial charge in [0.1, 0.15) is 0 Å². The maximum atomic E-state index is 11.7. The van der Waals surface area contributed by atoms with E-state index in [1.165, 1.54) is 19.3 Å². The Balaban J connectivity index is 2.07. The van der Waals surface area contributed by atoms with E-state index in [4.69, 9.17) is 4.74 Å². The first-order valence-electron chi connectivity index (χ1n) is 6.09. The number of hydrogen-bond donors (Lipinski definition) is 1. The molecule has 1 fully saturated rings. The number of carbonyl (C=O) groups is 1. The summed E-state index contributed by atoms with van der Waals surface area (Å²) in [5.41, 5.74) is 0. The highest BCUT2D eigenvalue weighted by Crippen LogP contribution is 2.23. The van der Waals surface area contributed by atoms with Crippen LogP contribution in [0.25, 0.3) is 0 Å². The Morgan fingerprint density at radius 3 is 2.60 bits per heavy atom. The molecule has 0 unspecified atom stereocenters. The van der Waals surface area contributed by atoms with Gasteiger partial charge in [0.05, 0.1) is 12.7 Å². The van der Waals surface area contributed by atoms with Crippen LogP contribution in [-0.2, 0) is 9.53 Å². The van der Waals surface area contributed by atoms with Crippen molar-refractivity contribution < 1.29 is 9.53 Å². The molecule has 0 spiro atoms. The maximum absolute atomic E-state index is 11.7. The first kappa shape index (κ1) is 12.5. The van der Waals surface area contributed by atoms with Crippen molar-refractivity contribution in [3.8, 4) is 0 Å². The molecule has 0 saturated heterocycles. The van der Waals surface area contributed by atoms with E-state index < -0.39 is 0 Å². The van der Waals surface area contributed by atoms with Gasteiger partial charge in [0, 0.05) is 12.5 Å². The van der Waals surface area contributed by atoms with Crippen LogP contribution in [0.1, 0.15) is 46.0 Å². The van der Waals surface area contributed by atoms with Crippen molar-refractivity contribution in [1.82, 2.24) is 5.32 Å². The van der Waals surface area contributed by atoms with Crippen molar-refractivity contribution in [3.05, 3.63) is 0 Å². The molecule has 15 heavy (non-hydrogen) atoms. The molecule has 1 aliphatic carbocycles. The predicted molar refractivity (Wildman–Crippen MR) is 60.7 cm³/mol. The number of nitrogens with one attached hydrogen (secondary N) is 1. The zero-order chi connectivity index (χ0) is 11.1. The molecule has 0 atom stereocenters. The van der Waals surface area contributed by atoms with Gasteiger partial charge >= 0.3 is 0 Å². The molecule has 0 aromatic rings. The minimum Gasteiger partial charge on any atom is -0.377 e. The molecular weight excluding hydrogens is 190 g/mol. The Morgan fingerprint density at radius 2 is 2.00 bits per heavy atom. The fraction of sp³-hybridized carbons (Fsp3) is 0.917. The van der Waals surface area contributed by atoms with Crippen molar-refractivity contribution in [2.75, 3.05) is 13.2 Å². The van der Waals surface area contributed by atoms with Crippen LogP contribution >= 0.6 is 0 Å². The Kier molecular flexibility index (Phi) is 5.69. The number of amides is 1. The molecule has 1 N–H and O–H groups in total. The summed E-state index contributed by atoms with van der Waals surface area (Å²) in [6.07, 6.45) is 6.09. The van der Waals surface area contributed by atoms with Gasteiger partial charge in [-0.05, 0) is 26.7 Å². The second-order valence-corrected chi connectivity index (χ2v) is 4.55. The molecule has 3 heteroatoms. The number of hydrogen-bond acceptors (Lipinski definition) is 2. The highest BCUT2D eigenvalue weighted by atomic mass is 16.5. The molecule has 0 aromatic heterocycles. The number of rotatable bonds is 5. The lowest BCUT2D eigenvalue weighted by molar-refractivity contribution is -0.126. The van der Waals surface area contributed by atoms with Gasteiger partial charge in [-0.15, -0.1) is 0 Å². The van der Waals surface area contributed by atoms with Gasteiger partial charge in [-0.2, -0.15) is 0 Å². The lowest BCUT2D eigenvalue weighted by atomic mass is 9.89. The van der Waals surface area contributed by atoms with E-state index in [-0.39, 0.29) is 17.9 Å². The SMILES string of the molecule is CC(C)OCCNC(=O)C1CCCCC1. The summed E-state index contributed by atoms with van der Waals surface area (Å²) in [5, 5.41) is 2.94. The molecular formula is C12H23NO2. The third-order valence-electron chi connectivity index (χ3n) is 2.83. The minimum absolute atomic E-state index is 0.224. The summed E-state index contributed by atoms with van der Waals surface area (Å²) in [5.74, 6) is 0.486. The van der Waals surface area contributed by atoms with Crippen LogP contribution in [0.2, 0.25) is 0 Å². The van der Waals surface area contributed by atoms with E-state index in [9.17, 15) is 4.79 Å². The summed E-state index contributed by atoms with van der Waals surface area (Å²) in [7, 11) is 0. The van der Waals surface area contributed by atoms with E-state index in [1.807, 2.05) is 13.8 Å². The van der Waals surface area contributed by atoms with Gasteiger partial charge in [0.15, 0.2) is 0 Å². The van der Waals surface area contributed by atoms with Gasteiger partial charge in [-0.3, -0.25) is 4.79 Å². The Morgan fingerprint density at radius 1 is 1.33 bits per heavy atom. The predicted octanol–water partition coefficient (Wildman–Crippen LogP) is 2.11. The molecule has 0 aliphatic heterocycles. The first-order valence-corrected chi connectivity index (χ1v) is 6.09. The molecule has 0 radical (unpaired) electrons. The van der Waals surface area contributed by atoms with E-state index in [2.05, 4.69) is 5.32 Å². The zero-order valence-corrected chi connectivity index (χ0v) is 9.92. The summed E-state index contributed by atoms with van der Waals surface area (Å²) in [6.45, 7) is 5.27. The second kappa shape index (κ2) is 6.83. The molecule has 3 nitrogen and oxygen atoms in total. The van der Waals surface area contributed by atoms with Crippen molar-refractivity contribution in [2.24, 2.45) is 5.92 Å². The Hall–Kier alpha value is -0.570. The van der Waals surface area contributed by atoms with Crippen LogP contribution in [0.3, 0.4) is 0 Å². The van der Waals surface area contributed by atoms with Crippen molar-refractivity contribution in [1.29, 1.82) is 0 Å². The molecule has 0 bridgehead atoms. The van der Waals surface area contributed by atoms with Crippen LogP contribution in [0.15, 0.2) is 0 Å². The summed E-state index contributed by atoms with van der Waals surface area (Å²) in [4.78, 5) is 11.7. The smallest absolute Gasteiger partial charge is 0.223 e. The van der Waals surface area contributed by atoms with Crippen molar-refractivity contribution in [3.63, 3.8) is 0 Å². The van der Waals surface area contributed by atoms with E-state index >= 15 is 0 Å². The molecule has 0 heterocycles. The van der Waals surface area contributed by atoms with Crippen molar-refractivity contribution in [2.45, 2.75) is 52.1 Å². The summed E-state index contributed by atoms with van der Waals surface area (Å²) < 4.78 is 5.36. The van der Waals surface area contributed by atoms with Crippen LogP contribution in [0.5, 0.6) is 0 Å². The number of carbonyl (C=O) groups excluding carboxylic acids is 1. The normalized spacial score (nSPS) is 18.1. The highest BCUT2D eigenvalue weighted by Gasteiger charge is 2.20. The second-order valence-electron chi connectivity index (χ2n) is 4.55. The van der Waals surface area contributed by atoms with Crippen LogP contribution in [0, 0.1) is 5.92 Å². The largest absolute Gasteiger partial charge is 0.377 e. The lowest BCUT2D eigenvalue weighted by Gasteiger charge is -2.20. The van der Waals surface area contributed by atoms with E-state index in [1.54, 1.807) is 0 Å². The van der Waals surface area contributed by atoms with E-state index in [0.717, 1.165) is 12.8 Å². The van der Waals surface area contributed by atoms with Crippen LogP contribution in [0.4, 0.5) is 0 Å². The molecule has 1 amide bonds. The van der Waals surface area contributed by atoms with Gasteiger partial charge in [-0.25, -0.2) is 0 Å². The maximum Gasteiger partial charge on any atom is 0.223 e. The fourth-order valence-electron chi connectivity index (χ4n) is 1.98. The molecule has 1 aliphatic rings. The molecule has 1 rings (SSSR count). The molecule has 1 saturated carbocycles. The van der Waals surface area contributed by atoms with Gasteiger partial charge < -0.3 is 10.1 Å². The summed E-state index contributed by atoms with van der Waals surface area (Å²) >= 11 is 0. The third kappa shape index (κ3) is 5.17. The highest BCUT2D eigenvalue weighted by molar-refractivity contribution is 5.78. The Bertz CT molecular complexity index is 186. The average molecular weight is 213 g/mol. The van der Waals surface area contributed by atoms with Gasteiger partial charge in [0.25, 0.3) is 0 Å². The monoisotopic (exact) mass is 213 g/mol. The molecule has 0 aromatic carbocycles. The van der Waals surface area contributed by atoms with Crippen LogP contribution in [-0.4, -0.2) is 25.2 Å². The first-order chi connectivity index (χ1) is 7.20. The standard InChI is InChI=1S/C12H23NO2/c1-10(2)15-9-8-13-12(14)11-6-4-3-5-7-11/h10-11H,3-9H2,1-2H3,(H,13,14). The third-order valence-corrected chi connectivity index (χ3v) is 2.83. The van der Waals surface area contributed by atoms with Gasteiger partial charge in [-0.1, -0.05) is 19.3 Å². The molecule has 88 valence electrons. The quantitative estimate of drug-likeness (QED) is 0.710. The Labute approximate surface area is 92.6 Å². The van der Waals surface area contributed by atoms with Crippen molar-refractivity contribution >= 4 is 5.91 Å². The zero-order valence-electron chi connectivity index (χ0n) is 9.92. The number of ether oxygens (including phenoxy) is 1. The van der Waals surface area contributed by atoms with Crippen LogP contribution < -0.4 is 5.32 Å². The average Bonchev–Trinajstić information content (AvgIpc) is 2.25. The minimum atomic E-state index is 0.224. The topological polar surface area (TPSA) is 38.3 Å². The fourth-order valence-corrected chi connectivity index (χ4v) is 1.98. The van der Waals surface area contributed by atoms with Gasteiger partial charge in [0.2, 0.25) is 5.91 Å². The summed E-state index contributed by atoms with van der Waals surface area (Å²) in [6, 6.07) is 0. The van der Waals surface area contributed by atoms with E-state index in [0.29, 0.717) is 13.2 Å².